The van der Waals surface area contributed by atoms with Crippen LogP contribution in [0.1, 0.15) is 34.0 Å². The lowest BCUT2D eigenvalue weighted by molar-refractivity contribution is -0.133. The molecule has 0 bridgehead atoms. The van der Waals surface area contributed by atoms with E-state index in [1.54, 1.807) is 4.68 Å². The van der Waals surface area contributed by atoms with Gasteiger partial charge in [0.25, 0.3) is 0 Å². The lowest BCUT2D eigenvalue weighted by Crippen LogP contribution is -2.38. The third-order valence-electron chi connectivity index (χ3n) is 5.29. The Balaban J connectivity index is 1.48. The molecule has 4 rings (SSSR count). The summed E-state index contributed by atoms with van der Waals surface area (Å²) in [6, 6.07) is 7.68. The second-order valence-electron chi connectivity index (χ2n) is 7.55. The quantitative estimate of drug-likeness (QED) is 0.662. The van der Waals surface area contributed by atoms with Gasteiger partial charge in [0, 0.05) is 55.3 Å². The van der Waals surface area contributed by atoms with Gasteiger partial charge in [-0.2, -0.15) is 10.2 Å². The van der Waals surface area contributed by atoms with E-state index in [-0.39, 0.29) is 12.5 Å². The van der Waals surface area contributed by atoms with Crippen LogP contribution in [0.5, 0.6) is 5.88 Å². The summed E-state index contributed by atoms with van der Waals surface area (Å²) < 4.78 is 9.53. The molecule has 0 unspecified atom stereocenters. The van der Waals surface area contributed by atoms with Gasteiger partial charge in [-0.3, -0.25) is 14.2 Å². The van der Waals surface area contributed by atoms with E-state index < -0.39 is 0 Å². The monoisotopic (exact) mass is 394 g/mol. The molecule has 0 aromatic carbocycles. The van der Waals surface area contributed by atoms with E-state index in [4.69, 9.17) is 4.74 Å². The summed E-state index contributed by atoms with van der Waals surface area (Å²) >= 11 is 0. The van der Waals surface area contributed by atoms with Crippen LogP contribution in [0.15, 0.2) is 24.3 Å². The number of hydrogen-bond donors (Lipinski definition) is 0. The minimum atomic E-state index is 0.0675. The van der Waals surface area contributed by atoms with E-state index in [1.807, 2.05) is 61.7 Å². The van der Waals surface area contributed by atoms with Crippen LogP contribution in [0.2, 0.25) is 0 Å². The summed E-state index contributed by atoms with van der Waals surface area (Å²) in [5, 5.41) is 9.04. The molecule has 0 saturated heterocycles. The summed E-state index contributed by atoms with van der Waals surface area (Å²) in [5.74, 6) is 0.649. The zero-order valence-corrected chi connectivity index (χ0v) is 17.3. The van der Waals surface area contributed by atoms with Crippen LogP contribution in [0.25, 0.3) is 0 Å². The Morgan fingerprint density at radius 1 is 1.17 bits per heavy atom. The number of aromatic nitrogens is 5. The maximum atomic E-state index is 12.9. The summed E-state index contributed by atoms with van der Waals surface area (Å²) in [7, 11) is 1.95. The number of nitrogens with zero attached hydrogens (tertiary/aromatic N) is 6. The molecule has 0 N–H and O–H groups in total. The average molecular weight is 394 g/mol. The Kier molecular flexibility index (Phi) is 5.08. The molecule has 0 radical (unpaired) electrons. The predicted octanol–water partition coefficient (Wildman–Crippen LogP) is 2.10. The van der Waals surface area contributed by atoms with Crippen molar-refractivity contribution in [3.8, 4) is 5.88 Å². The highest BCUT2D eigenvalue weighted by Gasteiger charge is 2.27. The molecule has 4 heterocycles. The largest absolute Gasteiger partial charge is 0.471 e. The summed E-state index contributed by atoms with van der Waals surface area (Å²) in [6.45, 7) is 7.66. The fourth-order valence-corrected chi connectivity index (χ4v) is 3.80. The van der Waals surface area contributed by atoms with Crippen LogP contribution in [-0.4, -0.2) is 41.9 Å². The summed E-state index contributed by atoms with van der Waals surface area (Å²) in [5.41, 5.74) is 5.92. The van der Waals surface area contributed by atoms with E-state index >= 15 is 0 Å². The molecular weight excluding hydrogens is 368 g/mol. The van der Waals surface area contributed by atoms with Gasteiger partial charge in [0.2, 0.25) is 11.8 Å². The van der Waals surface area contributed by atoms with Crippen molar-refractivity contribution in [2.24, 2.45) is 7.05 Å². The summed E-state index contributed by atoms with van der Waals surface area (Å²) in [4.78, 5) is 19.1. The highest BCUT2D eigenvalue weighted by Crippen LogP contribution is 2.23. The SMILES string of the molecule is Cc1cccc(OCc2nn(C)c3c2CN(C(=O)Cn2nc(C)cc2C)CC3)n1. The van der Waals surface area contributed by atoms with Gasteiger partial charge in [0.05, 0.1) is 5.69 Å². The van der Waals surface area contributed by atoms with Gasteiger partial charge in [-0.1, -0.05) is 6.07 Å². The van der Waals surface area contributed by atoms with E-state index in [0.29, 0.717) is 25.6 Å². The van der Waals surface area contributed by atoms with Gasteiger partial charge >= 0.3 is 0 Å². The molecule has 8 nitrogen and oxygen atoms in total. The van der Waals surface area contributed by atoms with Crippen LogP contribution >= 0.6 is 0 Å². The van der Waals surface area contributed by atoms with Crippen LogP contribution < -0.4 is 4.74 Å². The Morgan fingerprint density at radius 3 is 2.72 bits per heavy atom. The Bertz CT molecular complexity index is 1050. The number of ether oxygens (including phenoxy) is 1. The zero-order valence-electron chi connectivity index (χ0n) is 17.3. The highest BCUT2D eigenvalue weighted by atomic mass is 16.5. The first-order chi connectivity index (χ1) is 13.9. The highest BCUT2D eigenvalue weighted by molar-refractivity contribution is 5.76. The molecule has 0 fully saturated rings. The standard InChI is InChI=1S/C21H26N6O2/c1-14-6-5-7-20(22-14)29-13-18-17-11-26(9-8-19(17)25(4)24-18)21(28)12-27-16(3)10-15(2)23-27/h5-7,10H,8-9,11-13H2,1-4H3. The van der Waals surface area contributed by atoms with Crippen molar-refractivity contribution >= 4 is 5.91 Å². The van der Waals surface area contributed by atoms with Gasteiger partial charge in [-0.05, 0) is 32.9 Å². The number of fused-ring (bicyclic) bond motifs is 1. The first kappa shape index (κ1) is 19.2. The molecular formula is C21H26N6O2. The molecule has 3 aromatic heterocycles. The van der Waals surface area contributed by atoms with E-state index in [1.165, 1.54) is 0 Å². The second kappa shape index (κ2) is 7.69. The van der Waals surface area contributed by atoms with Gasteiger partial charge in [0.15, 0.2) is 0 Å². The molecule has 1 amide bonds. The third kappa shape index (κ3) is 4.01. The van der Waals surface area contributed by atoms with Gasteiger partial charge in [-0.25, -0.2) is 4.98 Å². The van der Waals surface area contributed by atoms with Crippen molar-refractivity contribution in [3.05, 3.63) is 58.3 Å². The minimum absolute atomic E-state index is 0.0675. The maximum absolute atomic E-state index is 12.9. The van der Waals surface area contributed by atoms with Crippen LogP contribution in [-0.2, 0) is 38.0 Å². The molecule has 1 aliphatic rings. The van der Waals surface area contributed by atoms with Gasteiger partial charge in [-0.15, -0.1) is 0 Å². The average Bonchev–Trinajstić information content (AvgIpc) is 3.18. The fraction of sp³-hybridized carbons (Fsp3) is 0.429. The van der Waals surface area contributed by atoms with E-state index in [9.17, 15) is 4.79 Å². The molecule has 0 saturated carbocycles. The van der Waals surface area contributed by atoms with Crippen LogP contribution in [0.3, 0.4) is 0 Å². The summed E-state index contributed by atoms with van der Waals surface area (Å²) in [6.07, 6.45) is 0.782. The maximum Gasteiger partial charge on any atom is 0.244 e. The number of pyridine rings is 1. The minimum Gasteiger partial charge on any atom is -0.471 e. The number of hydrogen-bond acceptors (Lipinski definition) is 5. The molecule has 0 atom stereocenters. The number of carbonyl (C=O) groups is 1. The molecule has 0 spiro atoms. The normalized spacial score (nSPS) is 13.4. The zero-order chi connectivity index (χ0) is 20.5. The molecule has 8 heteroatoms. The lowest BCUT2D eigenvalue weighted by atomic mass is 10.1. The van der Waals surface area contributed by atoms with E-state index in [0.717, 1.165) is 40.5 Å². The van der Waals surface area contributed by atoms with Crippen LogP contribution in [0.4, 0.5) is 0 Å². The van der Waals surface area contributed by atoms with Crippen molar-refractivity contribution in [2.45, 2.75) is 46.9 Å². The van der Waals surface area contributed by atoms with Crippen molar-refractivity contribution in [1.82, 2.24) is 29.4 Å². The molecule has 29 heavy (non-hydrogen) atoms. The number of amides is 1. The lowest BCUT2D eigenvalue weighted by Gasteiger charge is -2.28. The van der Waals surface area contributed by atoms with Gasteiger partial charge in [0.1, 0.15) is 18.8 Å². The van der Waals surface area contributed by atoms with Crippen molar-refractivity contribution in [1.29, 1.82) is 0 Å². The predicted molar refractivity (Wildman–Crippen MR) is 107 cm³/mol. The van der Waals surface area contributed by atoms with Crippen molar-refractivity contribution < 1.29 is 9.53 Å². The first-order valence-corrected chi connectivity index (χ1v) is 9.79. The molecule has 1 aliphatic heterocycles. The molecule has 0 aliphatic carbocycles. The smallest absolute Gasteiger partial charge is 0.244 e. The molecule has 152 valence electrons. The first-order valence-electron chi connectivity index (χ1n) is 9.79. The van der Waals surface area contributed by atoms with Gasteiger partial charge < -0.3 is 9.64 Å². The Hall–Kier alpha value is -3.16. The Morgan fingerprint density at radius 2 is 2.00 bits per heavy atom. The van der Waals surface area contributed by atoms with E-state index in [2.05, 4.69) is 15.2 Å². The Labute approximate surface area is 170 Å². The second-order valence-corrected chi connectivity index (χ2v) is 7.55. The third-order valence-corrected chi connectivity index (χ3v) is 5.29. The fourth-order valence-electron chi connectivity index (χ4n) is 3.80. The number of aryl methyl sites for hydroxylation is 4. The van der Waals surface area contributed by atoms with Crippen molar-refractivity contribution in [2.75, 3.05) is 6.54 Å². The number of rotatable bonds is 5. The molecule has 3 aromatic rings. The van der Waals surface area contributed by atoms with Crippen LogP contribution in [0, 0.1) is 20.8 Å². The van der Waals surface area contributed by atoms with Crippen molar-refractivity contribution in [3.63, 3.8) is 0 Å². The topological polar surface area (TPSA) is 78.1 Å². The number of carbonyl (C=O) groups excluding carboxylic acids is 1.